The van der Waals surface area contributed by atoms with Crippen LogP contribution in [0, 0.1) is 0 Å². The van der Waals surface area contributed by atoms with E-state index < -0.39 is 0 Å². The molecule has 0 unspecified atom stereocenters. The first-order chi connectivity index (χ1) is 18.5. The number of nitrogens with zero attached hydrogens (tertiary/aromatic N) is 4. The Kier molecular flexibility index (Phi) is 8.75. The smallest absolute Gasteiger partial charge is 0.321 e. The summed E-state index contributed by atoms with van der Waals surface area (Å²) in [6.07, 6.45) is 6.58. The van der Waals surface area contributed by atoms with Crippen molar-refractivity contribution in [3.05, 3.63) is 59.1 Å². The van der Waals surface area contributed by atoms with Gasteiger partial charge >= 0.3 is 6.03 Å². The van der Waals surface area contributed by atoms with Gasteiger partial charge in [-0.1, -0.05) is 30.2 Å². The van der Waals surface area contributed by atoms with E-state index in [2.05, 4.69) is 39.4 Å². The molecule has 2 aromatic rings. The number of halogens is 1. The van der Waals surface area contributed by atoms with Gasteiger partial charge in [-0.3, -0.25) is 9.69 Å². The van der Waals surface area contributed by atoms with Gasteiger partial charge in [-0.05, 0) is 93.1 Å². The minimum Gasteiger partial charge on any atom is -0.369 e. The lowest BCUT2D eigenvalue weighted by atomic mass is 9.89. The Morgan fingerprint density at radius 1 is 0.895 bits per heavy atom. The molecule has 1 N–H and O–H groups in total. The van der Waals surface area contributed by atoms with E-state index in [4.69, 9.17) is 11.6 Å². The van der Waals surface area contributed by atoms with Crippen molar-refractivity contribution in [2.24, 2.45) is 0 Å². The minimum absolute atomic E-state index is 0.0395. The average Bonchev–Trinajstić information content (AvgIpc) is 3.44. The number of hydrogen-bond acceptors (Lipinski definition) is 4. The lowest BCUT2D eigenvalue weighted by molar-refractivity contribution is -0.133. The van der Waals surface area contributed by atoms with Crippen LogP contribution in [0.5, 0.6) is 0 Å². The topological polar surface area (TPSA) is 59.1 Å². The Labute approximate surface area is 231 Å². The number of benzene rings is 2. The number of nitrogens with one attached hydrogen (secondary N) is 1. The van der Waals surface area contributed by atoms with Gasteiger partial charge in [0.25, 0.3) is 0 Å². The van der Waals surface area contributed by atoms with Gasteiger partial charge in [-0.2, -0.15) is 0 Å². The normalized spacial score (nSPS) is 20.9. The molecule has 38 heavy (non-hydrogen) atoms. The third kappa shape index (κ3) is 6.62. The van der Waals surface area contributed by atoms with Crippen LogP contribution in [0.1, 0.15) is 50.0 Å². The Hall–Kier alpha value is -2.77. The summed E-state index contributed by atoms with van der Waals surface area (Å²) in [4.78, 5) is 34.2. The fraction of sp³-hybridized carbons (Fsp3) is 0.533. The van der Waals surface area contributed by atoms with E-state index in [0.717, 1.165) is 74.9 Å². The highest BCUT2D eigenvalue weighted by atomic mass is 35.5. The van der Waals surface area contributed by atoms with Gasteiger partial charge in [0.15, 0.2) is 0 Å². The van der Waals surface area contributed by atoms with Crippen LogP contribution in [-0.2, 0) is 4.79 Å². The second kappa shape index (κ2) is 12.4. The van der Waals surface area contributed by atoms with Crippen LogP contribution in [0.25, 0.3) is 0 Å². The van der Waals surface area contributed by atoms with E-state index in [-0.39, 0.29) is 18.0 Å². The van der Waals surface area contributed by atoms with Crippen molar-refractivity contribution in [2.45, 2.75) is 50.5 Å². The highest BCUT2D eigenvalue weighted by Gasteiger charge is 2.29. The van der Waals surface area contributed by atoms with Crippen molar-refractivity contribution in [1.29, 1.82) is 0 Å². The number of amides is 3. The zero-order valence-electron chi connectivity index (χ0n) is 22.4. The lowest BCUT2D eigenvalue weighted by Crippen LogP contribution is -2.45. The average molecular weight is 538 g/mol. The van der Waals surface area contributed by atoms with Crippen molar-refractivity contribution in [3.8, 4) is 0 Å². The molecule has 3 fully saturated rings. The van der Waals surface area contributed by atoms with Gasteiger partial charge in [0.1, 0.15) is 0 Å². The van der Waals surface area contributed by atoms with Crippen LogP contribution in [-0.4, -0.2) is 85.5 Å². The molecule has 3 heterocycles. The van der Waals surface area contributed by atoms with E-state index in [1.807, 2.05) is 41.1 Å². The Balaban J connectivity index is 1.07. The molecule has 7 nitrogen and oxygen atoms in total. The molecular weight excluding hydrogens is 498 g/mol. The molecular formula is C30H40ClN5O2. The summed E-state index contributed by atoms with van der Waals surface area (Å²) in [5.74, 6) is 0.702. The van der Waals surface area contributed by atoms with Crippen molar-refractivity contribution in [3.63, 3.8) is 0 Å². The molecule has 3 aliphatic heterocycles. The quantitative estimate of drug-likeness (QED) is 0.545. The highest BCUT2D eigenvalue weighted by molar-refractivity contribution is 6.30. The first-order valence-corrected chi connectivity index (χ1v) is 14.5. The van der Waals surface area contributed by atoms with E-state index in [9.17, 15) is 9.59 Å². The van der Waals surface area contributed by atoms with Crippen LogP contribution in [0.2, 0.25) is 5.02 Å². The predicted octanol–water partition coefficient (Wildman–Crippen LogP) is 5.27. The maximum atomic E-state index is 12.9. The summed E-state index contributed by atoms with van der Waals surface area (Å²) in [7, 11) is 1.96. The second-order valence-corrected chi connectivity index (χ2v) is 11.5. The summed E-state index contributed by atoms with van der Waals surface area (Å²) in [5.41, 5.74) is 3.24. The van der Waals surface area contributed by atoms with E-state index in [0.29, 0.717) is 12.5 Å². The van der Waals surface area contributed by atoms with Crippen molar-refractivity contribution < 1.29 is 9.59 Å². The van der Waals surface area contributed by atoms with E-state index in [1.165, 1.54) is 24.8 Å². The van der Waals surface area contributed by atoms with Gasteiger partial charge in [-0.25, -0.2) is 4.79 Å². The second-order valence-electron chi connectivity index (χ2n) is 11.0. The summed E-state index contributed by atoms with van der Waals surface area (Å²) in [6, 6.07) is 16.4. The van der Waals surface area contributed by atoms with E-state index in [1.54, 1.807) is 0 Å². The molecule has 5 rings (SSSR count). The molecule has 204 valence electrons. The molecule has 1 atom stereocenters. The van der Waals surface area contributed by atoms with E-state index >= 15 is 0 Å². The number of likely N-dealkylation sites (N-methyl/N-ethyl adjacent to an activating group) is 1. The first kappa shape index (κ1) is 26.8. The van der Waals surface area contributed by atoms with Crippen molar-refractivity contribution >= 4 is 34.9 Å². The van der Waals surface area contributed by atoms with Gasteiger partial charge in [0.2, 0.25) is 5.91 Å². The minimum atomic E-state index is -0.0395. The molecule has 0 saturated carbocycles. The Morgan fingerprint density at radius 2 is 1.58 bits per heavy atom. The van der Waals surface area contributed by atoms with Gasteiger partial charge in [0, 0.05) is 49.6 Å². The summed E-state index contributed by atoms with van der Waals surface area (Å²) in [5, 5.41) is 3.82. The van der Waals surface area contributed by atoms with Gasteiger partial charge in [-0.15, -0.1) is 0 Å². The SMILES string of the molecule is CN(C(=O)CN1CCCCC1)[C@@H]1CCN(c2ccc(NC(=O)N3CCC(c4ccc(Cl)cc4)CC3)cc2)C1. The van der Waals surface area contributed by atoms with Gasteiger partial charge in [0.05, 0.1) is 12.6 Å². The lowest BCUT2D eigenvalue weighted by Gasteiger charge is -2.32. The monoisotopic (exact) mass is 537 g/mol. The number of hydrogen-bond donors (Lipinski definition) is 1. The molecule has 0 aromatic heterocycles. The Morgan fingerprint density at radius 3 is 2.26 bits per heavy atom. The molecule has 0 bridgehead atoms. The standard InChI is InChI=1S/C30H40ClN5O2/c1-33(29(37)22-34-16-3-2-4-17-34)28-15-20-36(21-28)27-11-9-26(10-12-27)32-30(38)35-18-13-24(14-19-35)23-5-7-25(31)8-6-23/h5-12,24,28H,2-4,13-22H2,1H3,(H,32,38)/t28-/m1/s1. The molecule has 0 radical (unpaired) electrons. The summed E-state index contributed by atoms with van der Waals surface area (Å²) < 4.78 is 0. The van der Waals surface area contributed by atoms with Crippen LogP contribution < -0.4 is 10.2 Å². The molecule has 8 heteroatoms. The zero-order chi connectivity index (χ0) is 26.5. The third-order valence-corrected chi connectivity index (χ3v) is 8.77. The fourth-order valence-electron chi connectivity index (χ4n) is 6.03. The van der Waals surface area contributed by atoms with Crippen LogP contribution in [0.3, 0.4) is 0 Å². The fourth-order valence-corrected chi connectivity index (χ4v) is 6.15. The number of carbonyl (C=O) groups excluding carboxylic acids is 2. The largest absolute Gasteiger partial charge is 0.369 e. The summed E-state index contributed by atoms with van der Waals surface area (Å²) in [6.45, 7) is 5.89. The van der Waals surface area contributed by atoms with Crippen LogP contribution in [0.15, 0.2) is 48.5 Å². The first-order valence-electron chi connectivity index (χ1n) is 14.1. The molecule has 3 aliphatic rings. The van der Waals surface area contributed by atoms with Crippen molar-refractivity contribution in [1.82, 2.24) is 14.7 Å². The maximum Gasteiger partial charge on any atom is 0.321 e. The molecule has 0 spiro atoms. The van der Waals surface area contributed by atoms with Crippen molar-refractivity contribution in [2.75, 3.05) is 63.1 Å². The molecule has 3 saturated heterocycles. The molecule has 3 amide bonds. The summed E-state index contributed by atoms with van der Waals surface area (Å²) >= 11 is 6.02. The maximum absolute atomic E-state index is 12.9. The van der Waals surface area contributed by atoms with Crippen LogP contribution >= 0.6 is 11.6 Å². The zero-order valence-corrected chi connectivity index (χ0v) is 23.2. The highest BCUT2D eigenvalue weighted by Crippen LogP contribution is 2.29. The Bertz CT molecular complexity index is 1080. The number of likely N-dealkylation sites (tertiary alicyclic amines) is 2. The number of rotatable bonds is 6. The number of piperidine rings is 2. The predicted molar refractivity (Wildman–Crippen MR) is 154 cm³/mol. The third-order valence-electron chi connectivity index (χ3n) is 8.52. The molecule has 2 aromatic carbocycles. The number of urea groups is 1. The van der Waals surface area contributed by atoms with Crippen LogP contribution in [0.4, 0.5) is 16.2 Å². The number of anilines is 2. The number of carbonyl (C=O) groups is 2. The molecule has 0 aliphatic carbocycles. The van der Waals surface area contributed by atoms with Gasteiger partial charge < -0.3 is 20.0 Å².